The van der Waals surface area contributed by atoms with E-state index in [0.717, 1.165) is 33.1 Å². The molecule has 0 radical (unpaired) electrons. The fourth-order valence-electron chi connectivity index (χ4n) is 4.67. The molecule has 0 amide bonds. The Labute approximate surface area is 227 Å². The minimum absolute atomic E-state index is 0.226. The van der Waals surface area contributed by atoms with E-state index in [1.807, 2.05) is 57.6 Å². The second-order valence-corrected chi connectivity index (χ2v) is 10.0. The largest absolute Gasteiger partial charge is 0.463 e. The van der Waals surface area contributed by atoms with Crippen LogP contribution in [0.15, 0.2) is 76.5 Å². The predicted molar refractivity (Wildman–Crippen MR) is 152 cm³/mol. The van der Waals surface area contributed by atoms with Crippen molar-refractivity contribution in [1.29, 1.82) is 0 Å². The van der Waals surface area contributed by atoms with Gasteiger partial charge in [-0.25, -0.2) is 14.6 Å². The maximum Gasteiger partial charge on any atom is 0.336 e. The summed E-state index contributed by atoms with van der Waals surface area (Å²) < 4.78 is 10.9. The van der Waals surface area contributed by atoms with Crippen molar-refractivity contribution >= 4 is 29.0 Å². The van der Waals surface area contributed by atoms with Crippen molar-refractivity contribution in [2.45, 2.75) is 33.6 Å². The van der Waals surface area contributed by atoms with Crippen molar-refractivity contribution < 1.29 is 19.1 Å². The normalized spacial score (nSPS) is 13.8. The zero-order valence-electron chi connectivity index (χ0n) is 22.6. The van der Waals surface area contributed by atoms with Gasteiger partial charge in [-0.15, -0.1) is 11.3 Å². The highest BCUT2D eigenvalue weighted by atomic mass is 32.1. The number of allylic oxidation sites excluding steroid dienone is 2. The van der Waals surface area contributed by atoms with E-state index in [1.165, 1.54) is 11.3 Å². The van der Waals surface area contributed by atoms with E-state index in [9.17, 15) is 9.59 Å². The van der Waals surface area contributed by atoms with Gasteiger partial charge in [-0.05, 0) is 45.4 Å². The third kappa shape index (κ3) is 5.36. The fourth-order valence-corrected chi connectivity index (χ4v) is 5.54. The molecule has 4 rings (SSSR count). The summed E-state index contributed by atoms with van der Waals surface area (Å²) in [5, 5.41) is 6.02. The van der Waals surface area contributed by atoms with Crippen molar-refractivity contribution in [1.82, 2.24) is 10.3 Å². The van der Waals surface area contributed by atoms with Crippen LogP contribution in [0.2, 0.25) is 0 Å². The number of esters is 2. The van der Waals surface area contributed by atoms with Crippen LogP contribution in [0.5, 0.6) is 0 Å². The molecule has 3 aromatic rings. The number of nitrogens with one attached hydrogen (secondary N) is 1. The van der Waals surface area contributed by atoms with E-state index >= 15 is 0 Å². The van der Waals surface area contributed by atoms with Crippen LogP contribution in [0.25, 0.3) is 21.8 Å². The van der Waals surface area contributed by atoms with Crippen LogP contribution in [-0.2, 0) is 19.1 Å². The number of carbonyl (C=O) groups excluding carboxylic acids is 2. The first-order valence-electron chi connectivity index (χ1n) is 12.6. The number of dihydropyridines is 1. The van der Waals surface area contributed by atoms with Gasteiger partial charge in [-0.1, -0.05) is 36.4 Å². The van der Waals surface area contributed by atoms with E-state index in [4.69, 9.17) is 14.5 Å². The third-order valence-corrected chi connectivity index (χ3v) is 7.31. The lowest BCUT2D eigenvalue weighted by Crippen LogP contribution is -2.32. The molecule has 8 heteroatoms. The molecule has 7 nitrogen and oxygen atoms in total. The van der Waals surface area contributed by atoms with Gasteiger partial charge in [0.05, 0.1) is 36.0 Å². The zero-order chi connectivity index (χ0) is 27.4. The summed E-state index contributed by atoms with van der Waals surface area (Å²) in [4.78, 5) is 33.5. The molecule has 2 heterocycles. The van der Waals surface area contributed by atoms with Gasteiger partial charge >= 0.3 is 11.9 Å². The van der Waals surface area contributed by atoms with E-state index in [2.05, 4.69) is 34.5 Å². The number of rotatable bonds is 8. The molecular weight excluding hydrogens is 498 g/mol. The molecule has 38 heavy (non-hydrogen) atoms. The minimum Gasteiger partial charge on any atom is -0.463 e. The number of carbonyl (C=O) groups is 2. The van der Waals surface area contributed by atoms with Crippen molar-refractivity contribution in [2.24, 2.45) is 0 Å². The topological polar surface area (TPSA) is 80.8 Å². The molecule has 0 atom stereocenters. The van der Waals surface area contributed by atoms with Crippen LogP contribution < -0.4 is 10.2 Å². The highest BCUT2D eigenvalue weighted by Crippen LogP contribution is 2.44. The monoisotopic (exact) mass is 531 g/mol. The van der Waals surface area contributed by atoms with Crippen LogP contribution >= 0.6 is 11.3 Å². The molecular formula is C30H33N3O4S. The molecule has 1 aromatic heterocycles. The molecule has 0 fully saturated rings. The number of thiazole rings is 1. The minimum atomic E-state index is -0.669. The molecule has 0 saturated carbocycles. The Hall–Kier alpha value is -3.91. The second kappa shape index (κ2) is 11.6. The molecule has 1 aliphatic rings. The van der Waals surface area contributed by atoms with Gasteiger partial charge in [0.1, 0.15) is 5.01 Å². The van der Waals surface area contributed by atoms with Crippen molar-refractivity contribution in [3.63, 3.8) is 0 Å². The number of ether oxygens (including phenoxy) is 2. The SMILES string of the molecule is CCOC(=O)C1=C(C)NC(C)=C(C(=O)OCC)C1c1ccccc1-c1nc(-c2ccc(N(C)C)cc2)cs1. The standard InChI is InChI=1S/C30H33N3O4S/c1-7-36-29(34)25-18(3)31-19(4)26(30(35)37-8-2)27(25)22-11-9-10-12-23(22)28-32-24(17-38-28)20-13-15-21(16-14-20)33(5)6/h9-17,27,31H,7-8H2,1-6H3. The number of benzene rings is 2. The van der Waals surface area contributed by atoms with Gasteiger partial charge in [0.2, 0.25) is 0 Å². The first-order valence-corrected chi connectivity index (χ1v) is 13.5. The Morgan fingerprint density at radius 1 is 0.921 bits per heavy atom. The van der Waals surface area contributed by atoms with E-state index in [1.54, 1.807) is 13.8 Å². The maximum absolute atomic E-state index is 13.2. The Balaban J connectivity index is 1.84. The molecule has 2 aromatic carbocycles. The van der Waals surface area contributed by atoms with Gasteiger partial charge in [-0.2, -0.15) is 0 Å². The number of anilines is 1. The molecule has 0 unspecified atom stereocenters. The average Bonchev–Trinajstić information content (AvgIpc) is 3.38. The van der Waals surface area contributed by atoms with Gasteiger partial charge < -0.3 is 19.7 Å². The number of hydrogen-bond acceptors (Lipinski definition) is 8. The molecule has 0 spiro atoms. The smallest absolute Gasteiger partial charge is 0.336 e. The van der Waals surface area contributed by atoms with Crippen LogP contribution in [0.1, 0.15) is 39.2 Å². The third-order valence-electron chi connectivity index (χ3n) is 6.44. The number of hydrogen-bond donors (Lipinski definition) is 1. The lowest BCUT2D eigenvalue weighted by molar-refractivity contribution is -0.139. The van der Waals surface area contributed by atoms with Crippen molar-refractivity contribution in [2.75, 3.05) is 32.2 Å². The molecule has 1 N–H and O–H groups in total. The Morgan fingerprint density at radius 2 is 1.50 bits per heavy atom. The van der Waals surface area contributed by atoms with Crippen LogP contribution in [0.3, 0.4) is 0 Å². The van der Waals surface area contributed by atoms with Crippen LogP contribution in [0, 0.1) is 0 Å². The molecule has 198 valence electrons. The highest BCUT2D eigenvalue weighted by molar-refractivity contribution is 7.13. The first kappa shape index (κ1) is 27.1. The lowest BCUT2D eigenvalue weighted by atomic mass is 9.78. The summed E-state index contributed by atoms with van der Waals surface area (Å²) in [7, 11) is 4.02. The molecule has 1 aliphatic heterocycles. The molecule has 0 bridgehead atoms. The second-order valence-electron chi connectivity index (χ2n) is 9.14. The van der Waals surface area contributed by atoms with Crippen LogP contribution in [0.4, 0.5) is 5.69 Å². The quantitative estimate of drug-likeness (QED) is 0.362. The van der Waals surface area contributed by atoms with E-state index in [-0.39, 0.29) is 13.2 Å². The summed E-state index contributed by atoms with van der Waals surface area (Å²) in [5.41, 5.74) is 6.72. The summed E-state index contributed by atoms with van der Waals surface area (Å²) in [6.45, 7) is 7.64. The van der Waals surface area contributed by atoms with Crippen molar-refractivity contribution in [3.05, 3.63) is 82.0 Å². The summed E-state index contributed by atoms with van der Waals surface area (Å²) in [5.74, 6) is -1.60. The Kier molecular flexibility index (Phi) is 8.32. The van der Waals surface area contributed by atoms with E-state index < -0.39 is 17.9 Å². The number of nitrogens with zero attached hydrogens (tertiary/aromatic N) is 2. The highest BCUT2D eigenvalue weighted by Gasteiger charge is 2.39. The van der Waals surface area contributed by atoms with Gasteiger partial charge in [-0.3, -0.25) is 0 Å². The maximum atomic E-state index is 13.2. The average molecular weight is 532 g/mol. The lowest BCUT2D eigenvalue weighted by Gasteiger charge is -2.31. The Bertz CT molecular complexity index is 1360. The molecule has 0 aliphatic carbocycles. The number of aromatic nitrogens is 1. The summed E-state index contributed by atoms with van der Waals surface area (Å²) in [6.07, 6.45) is 0. The summed E-state index contributed by atoms with van der Waals surface area (Å²) >= 11 is 1.53. The zero-order valence-corrected chi connectivity index (χ0v) is 23.4. The van der Waals surface area contributed by atoms with Gasteiger partial charge in [0.25, 0.3) is 0 Å². The van der Waals surface area contributed by atoms with Crippen molar-refractivity contribution in [3.8, 4) is 21.8 Å². The van der Waals surface area contributed by atoms with Crippen LogP contribution in [-0.4, -0.2) is 44.2 Å². The fraction of sp³-hybridized carbons (Fsp3) is 0.300. The van der Waals surface area contributed by atoms with Gasteiger partial charge in [0.15, 0.2) is 0 Å². The predicted octanol–water partition coefficient (Wildman–Crippen LogP) is 5.90. The Morgan fingerprint density at radius 3 is 2.05 bits per heavy atom. The van der Waals surface area contributed by atoms with E-state index in [0.29, 0.717) is 22.5 Å². The first-order chi connectivity index (χ1) is 18.3. The molecule has 0 saturated heterocycles. The van der Waals surface area contributed by atoms with Gasteiger partial charge in [0, 0.05) is 47.7 Å². The summed E-state index contributed by atoms with van der Waals surface area (Å²) in [6, 6.07) is 16.0.